The van der Waals surface area contributed by atoms with Crippen molar-refractivity contribution in [3.8, 4) is 0 Å². The monoisotopic (exact) mass is 343 g/mol. The molecule has 130 valence electrons. The van der Waals surface area contributed by atoms with Crippen molar-refractivity contribution < 1.29 is 13.7 Å². The summed E-state index contributed by atoms with van der Waals surface area (Å²) in [7, 11) is 1.82. The van der Waals surface area contributed by atoms with Gasteiger partial charge in [-0.25, -0.2) is 4.39 Å². The van der Waals surface area contributed by atoms with Crippen LogP contribution < -0.4 is 5.32 Å². The summed E-state index contributed by atoms with van der Waals surface area (Å²) in [6.45, 7) is 1.64. The first-order valence-corrected chi connectivity index (χ1v) is 7.84. The van der Waals surface area contributed by atoms with Gasteiger partial charge in [0.15, 0.2) is 5.82 Å². The van der Waals surface area contributed by atoms with Gasteiger partial charge in [0.25, 0.3) is 0 Å². The van der Waals surface area contributed by atoms with Crippen LogP contribution in [-0.4, -0.2) is 25.8 Å². The van der Waals surface area contributed by atoms with E-state index in [-0.39, 0.29) is 23.7 Å². The molecule has 0 saturated carbocycles. The van der Waals surface area contributed by atoms with Crippen molar-refractivity contribution in [1.82, 2.24) is 25.2 Å². The number of nitrogens with zero attached hydrogens (tertiary/aromatic N) is 4. The lowest BCUT2D eigenvalue weighted by molar-refractivity contribution is -0.121. The molecule has 0 fully saturated rings. The lowest BCUT2D eigenvalue weighted by atomic mass is 10.0. The van der Waals surface area contributed by atoms with Gasteiger partial charge in [-0.15, -0.1) is 0 Å². The smallest absolute Gasteiger partial charge is 0.223 e. The number of benzene rings is 1. The zero-order valence-corrected chi connectivity index (χ0v) is 13.9. The number of rotatable bonds is 6. The molecule has 1 aromatic carbocycles. The molecule has 7 nitrogen and oxygen atoms in total. The van der Waals surface area contributed by atoms with Crippen LogP contribution >= 0.6 is 0 Å². The minimum absolute atomic E-state index is 0.220. The molecular weight excluding hydrogens is 325 g/mol. The van der Waals surface area contributed by atoms with Gasteiger partial charge in [-0.1, -0.05) is 23.4 Å². The molecule has 0 saturated heterocycles. The Kier molecular flexibility index (Phi) is 4.87. The zero-order valence-electron chi connectivity index (χ0n) is 13.9. The minimum Gasteiger partial charge on any atom is -0.342 e. The van der Waals surface area contributed by atoms with Crippen LogP contribution in [0.4, 0.5) is 4.39 Å². The van der Waals surface area contributed by atoms with Crippen molar-refractivity contribution in [3.63, 3.8) is 0 Å². The number of amides is 1. The molecular formula is C17H18FN5O2. The maximum absolute atomic E-state index is 14.2. The topological polar surface area (TPSA) is 85.8 Å². The van der Waals surface area contributed by atoms with Gasteiger partial charge in [0.2, 0.25) is 11.8 Å². The number of carbonyl (C=O) groups is 1. The largest absolute Gasteiger partial charge is 0.342 e. The maximum atomic E-state index is 14.2. The lowest BCUT2D eigenvalue weighted by Crippen LogP contribution is -2.30. The molecule has 0 aliphatic heterocycles. The number of hydrogen-bond acceptors (Lipinski definition) is 5. The van der Waals surface area contributed by atoms with Crippen molar-refractivity contribution in [1.29, 1.82) is 0 Å². The summed E-state index contributed by atoms with van der Waals surface area (Å²) in [5.74, 6) is -0.111. The van der Waals surface area contributed by atoms with Crippen LogP contribution in [0.15, 0.2) is 41.2 Å². The predicted molar refractivity (Wildman–Crippen MR) is 86.9 cm³/mol. The Morgan fingerprint density at radius 2 is 2.20 bits per heavy atom. The van der Waals surface area contributed by atoms with Gasteiger partial charge in [-0.2, -0.15) is 10.1 Å². The summed E-state index contributed by atoms with van der Waals surface area (Å²) in [5, 5.41) is 10.7. The van der Waals surface area contributed by atoms with E-state index in [1.807, 2.05) is 13.2 Å². The average Bonchev–Trinajstić information content (AvgIpc) is 3.20. The van der Waals surface area contributed by atoms with Gasteiger partial charge in [-0.3, -0.25) is 9.48 Å². The molecule has 0 bridgehead atoms. The molecule has 2 heterocycles. The highest BCUT2D eigenvalue weighted by Gasteiger charge is 2.24. The molecule has 3 rings (SSSR count). The second-order valence-corrected chi connectivity index (χ2v) is 5.72. The Labute approximate surface area is 143 Å². The Bertz CT molecular complexity index is 873. The van der Waals surface area contributed by atoms with Crippen LogP contribution in [-0.2, 0) is 18.3 Å². The van der Waals surface area contributed by atoms with E-state index in [0.29, 0.717) is 12.3 Å². The second kappa shape index (κ2) is 7.25. The summed E-state index contributed by atoms with van der Waals surface area (Å²) >= 11 is 0. The Morgan fingerprint density at radius 3 is 2.84 bits per heavy atom. The molecule has 8 heteroatoms. The molecule has 2 aromatic heterocycles. The van der Waals surface area contributed by atoms with E-state index in [1.165, 1.54) is 6.07 Å². The van der Waals surface area contributed by atoms with Crippen molar-refractivity contribution in [3.05, 3.63) is 65.3 Å². The van der Waals surface area contributed by atoms with E-state index in [9.17, 15) is 9.18 Å². The quantitative estimate of drug-likeness (QED) is 0.741. The van der Waals surface area contributed by atoms with E-state index in [2.05, 4.69) is 20.6 Å². The van der Waals surface area contributed by atoms with Crippen molar-refractivity contribution in [2.45, 2.75) is 25.8 Å². The highest BCUT2D eigenvalue weighted by molar-refractivity contribution is 5.77. The Morgan fingerprint density at radius 1 is 1.40 bits per heavy atom. The first kappa shape index (κ1) is 16.8. The van der Waals surface area contributed by atoms with Gasteiger partial charge in [0, 0.05) is 32.2 Å². The molecule has 0 aliphatic rings. The number of carbonyl (C=O) groups excluding carboxylic acids is 1. The molecule has 1 atom stereocenters. The van der Waals surface area contributed by atoms with Gasteiger partial charge in [0.1, 0.15) is 11.9 Å². The average molecular weight is 343 g/mol. The second-order valence-electron chi connectivity index (χ2n) is 5.72. The van der Waals surface area contributed by atoms with E-state index >= 15 is 0 Å². The zero-order chi connectivity index (χ0) is 17.8. The number of aryl methyl sites for hydroxylation is 3. The van der Waals surface area contributed by atoms with Gasteiger partial charge in [0.05, 0.1) is 6.20 Å². The lowest BCUT2D eigenvalue weighted by Gasteiger charge is -2.16. The summed E-state index contributed by atoms with van der Waals surface area (Å²) in [4.78, 5) is 16.5. The fourth-order valence-corrected chi connectivity index (χ4v) is 2.51. The summed E-state index contributed by atoms with van der Waals surface area (Å²) in [6.07, 6.45) is 4.34. The Hall–Kier alpha value is -3.03. The van der Waals surface area contributed by atoms with E-state index < -0.39 is 11.9 Å². The molecule has 0 radical (unpaired) electrons. The van der Waals surface area contributed by atoms with E-state index in [4.69, 9.17) is 4.52 Å². The van der Waals surface area contributed by atoms with E-state index in [0.717, 1.165) is 5.56 Å². The molecule has 0 unspecified atom stereocenters. The number of hydrogen-bond donors (Lipinski definition) is 1. The maximum Gasteiger partial charge on any atom is 0.223 e. The third kappa shape index (κ3) is 4.09. The first-order chi connectivity index (χ1) is 12.0. The van der Waals surface area contributed by atoms with E-state index in [1.54, 1.807) is 36.0 Å². The standard InChI is InChI=1S/C17H18FN5O2/c1-11-20-17(22-25-11)16(13-5-3-4-6-14(13)18)21-15(24)8-7-12-9-19-23(2)10-12/h3-6,9-10,16H,7-8H2,1-2H3,(H,21,24)/t16-/m1/s1. The van der Waals surface area contributed by atoms with Gasteiger partial charge >= 0.3 is 0 Å². The normalized spacial score (nSPS) is 12.1. The van der Waals surface area contributed by atoms with Crippen LogP contribution in [0.1, 0.15) is 35.3 Å². The predicted octanol–water partition coefficient (Wildman–Crippen LogP) is 2.09. The molecule has 25 heavy (non-hydrogen) atoms. The molecule has 0 spiro atoms. The van der Waals surface area contributed by atoms with Crippen LogP contribution in [0.5, 0.6) is 0 Å². The first-order valence-electron chi connectivity index (χ1n) is 7.84. The third-order valence-corrected chi connectivity index (χ3v) is 3.72. The molecule has 1 amide bonds. The van der Waals surface area contributed by atoms with Crippen molar-refractivity contribution in [2.75, 3.05) is 0 Å². The molecule has 3 aromatic rings. The third-order valence-electron chi connectivity index (χ3n) is 3.72. The van der Waals surface area contributed by atoms with Crippen molar-refractivity contribution >= 4 is 5.91 Å². The summed E-state index contributed by atoms with van der Waals surface area (Å²) in [5.41, 5.74) is 1.24. The fraction of sp³-hybridized carbons (Fsp3) is 0.294. The van der Waals surface area contributed by atoms with Crippen LogP contribution in [0, 0.1) is 12.7 Å². The molecule has 1 N–H and O–H groups in total. The van der Waals surface area contributed by atoms with Crippen LogP contribution in [0.2, 0.25) is 0 Å². The SMILES string of the molecule is Cc1nc([C@H](NC(=O)CCc2cnn(C)c2)c2ccccc2F)no1. The summed E-state index contributed by atoms with van der Waals surface area (Å²) < 4.78 is 20.8. The van der Waals surface area contributed by atoms with Gasteiger partial charge in [-0.05, 0) is 18.1 Å². The van der Waals surface area contributed by atoms with Crippen LogP contribution in [0.25, 0.3) is 0 Å². The summed E-state index contributed by atoms with van der Waals surface area (Å²) in [6, 6.07) is 5.39. The van der Waals surface area contributed by atoms with Crippen molar-refractivity contribution in [2.24, 2.45) is 7.05 Å². The highest BCUT2D eigenvalue weighted by Crippen LogP contribution is 2.22. The van der Waals surface area contributed by atoms with Crippen LogP contribution in [0.3, 0.4) is 0 Å². The fourth-order valence-electron chi connectivity index (χ4n) is 2.51. The number of nitrogens with one attached hydrogen (secondary N) is 1. The highest BCUT2D eigenvalue weighted by atomic mass is 19.1. The Balaban J connectivity index is 1.75. The minimum atomic E-state index is -0.806. The number of aromatic nitrogens is 4. The number of halogens is 1. The van der Waals surface area contributed by atoms with Gasteiger partial charge < -0.3 is 9.84 Å². The molecule has 0 aliphatic carbocycles.